The third-order valence-corrected chi connectivity index (χ3v) is 4.66. The number of aryl methyl sites for hydroxylation is 2. The van der Waals surface area contributed by atoms with Crippen LogP contribution < -0.4 is 5.32 Å². The van der Waals surface area contributed by atoms with E-state index in [1.165, 1.54) is 6.08 Å². The molecule has 0 unspecified atom stereocenters. The zero-order chi connectivity index (χ0) is 17.5. The molecule has 6 heteroatoms. The van der Waals surface area contributed by atoms with E-state index in [1.807, 2.05) is 45.2 Å². The normalized spacial score (nSPS) is 10.8. The van der Waals surface area contributed by atoms with Crippen molar-refractivity contribution in [1.82, 2.24) is 9.78 Å². The van der Waals surface area contributed by atoms with Crippen molar-refractivity contribution in [2.24, 2.45) is 7.05 Å². The first-order valence-corrected chi connectivity index (χ1v) is 8.59. The van der Waals surface area contributed by atoms with Crippen LogP contribution in [0.25, 0.3) is 6.08 Å². The van der Waals surface area contributed by atoms with Gasteiger partial charge in [0.1, 0.15) is 0 Å². The van der Waals surface area contributed by atoms with Crippen molar-refractivity contribution in [3.63, 3.8) is 0 Å². The third kappa shape index (κ3) is 4.49. The molecule has 0 saturated heterocycles. The number of nitrogens with zero attached hydrogens (tertiary/aromatic N) is 3. The van der Waals surface area contributed by atoms with E-state index in [-0.39, 0.29) is 5.91 Å². The van der Waals surface area contributed by atoms with Gasteiger partial charge in [0, 0.05) is 41.5 Å². The summed E-state index contributed by atoms with van der Waals surface area (Å²) >= 11 is 1.56. The lowest BCUT2D eigenvalue weighted by molar-refractivity contribution is -0.111. The van der Waals surface area contributed by atoms with Gasteiger partial charge in [0.25, 0.3) is 0 Å². The Balaban J connectivity index is 2.07. The summed E-state index contributed by atoms with van der Waals surface area (Å²) in [5.41, 5.74) is 3.63. The van der Waals surface area contributed by atoms with Gasteiger partial charge in [-0.2, -0.15) is 10.4 Å². The molecule has 2 rings (SSSR count). The number of hydrogen-bond acceptors (Lipinski definition) is 4. The number of aromatic nitrogens is 2. The molecule has 5 nitrogen and oxygen atoms in total. The molecule has 0 radical (unpaired) electrons. The van der Waals surface area contributed by atoms with E-state index in [0.29, 0.717) is 12.2 Å². The maximum atomic E-state index is 12.2. The fraction of sp³-hybridized carbons (Fsp3) is 0.278. The highest BCUT2D eigenvalue weighted by molar-refractivity contribution is 7.99. The molecule has 0 atom stereocenters. The van der Waals surface area contributed by atoms with Crippen LogP contribution >= 0.6 is 11.8 Å². The van der Waals surface area contributed by atoms with Crippen LogP contribution in [-0.2, 0) is 11.8 Å². The summed E-state index contributed by atoms with van der Waals surface area (Å²) in [6.07, 6.45) is 3.79. The summed E-state index contributed by atoms with van der Waals surface area (Å²) in [5.74, 6) is 0.513. The van der Waals surface area contributed by atoms with Gasteiger partial charge >= 0.3 is 0 Å². The molecule has 0 aliphatic heterocycles. The monoisotopic (exact) mass is 340 g/mol. The Labute approximate surface area is 146 Å². The lowest BCUT2D eigenvalue weighted by atomic mass is 10.2. The maximum Gasteiger partial charge on any atom is 0.248 e. The van der Waals surface area contributed by atoms with Crippen LogP contribution in [0.4, 0.5) is 5.69 Å². The number of rotatable bonds is 6. The average molecular weight is 340 g/mol. The van der Waals surface area contributed by atoms with Gasteiger partial charge in [-0.3, -0.25) is 9.48 Å². The standard InChI is InChI=1S/C18H20N4OS/c1-13-15(14(2)22(3)21-13)9-10-18(23)20-16-7-4-5-8-17(16)24-12-6-11-19/h4-5,7-10H,6,12H2,1-3H3,(H,20,23)/b10-9+. The van der Waals surface area contributed by atoms with Crippen LogP contribution in [0.5, 0.6) is 0 Å². The number of carbonyl (C=O) groups is 1. The minimum atomic E-state index is -0.189. The van der Waals surface area contributed by atoms with Gasteiger partial charge in [0.05, 0.1) is 17.5 Å². The van der Waals surface area contributed by atoms with E-state index in [2.05, 4.69) is 16.5 Å². The summed E-state index contributed by atoms with van der Waals surface area (Å²) in [7, 11) is 1.88. The lowest BCUT2D eigenvalue weighted by Crippen LogP contribution is -2.08. The molecule has 0 aliphatic carbocycles. The van der Waals surface area contributed by atoms with Crippen molar-refractivity contribution in [1.29, 1.82) is 5.26 Å². The zero-order valence-corrected chi connectivity index (χ0v) is 14.9. The highest BCUT2D eigenvalue weighted by Crippen LogP contribution is 2.27. The van der Waals surface area contributed by atoms with Crippen molar-refractivity contribution in [3.8, 4) is 6.07 Å². The maximum absolute atomic E-state index is 12.2. The Hall–Kier alpha value is -2.52. The van der Waals surface area contributed by atoms with Gasteiger partial charge in [-0.15, -0.1) is 11.8 Å². The molecule has 1 heterocycles. The van der Waals surface area contributed by atoms with E-state index >= 15 is 0 Å². The minimum Gasteiger partial charge on any atom is -0.321 e. The number of nitriles is 1. The summed E-state index contributed by atoms with van der Waals surface area (Å²) < 4.78 is 1.80. The van der Waals surface area contributed by atoms with Crippen LogP contribution in [0.2, 0.25) is 0 Å². The molecule has 0 fully saturated rings. The second-order valence-electron chi connectivity index (χ2n) is 5.28. The molecule has 1 amide bonds. The molecule has 0 spiro atoms. The molecule has 0 aliphatic rings. The zero-order valence-electron chi connectivity index (χ0n) is 14.0. The second-order valence-corrected chi connectivity index (χ2v) is 6.42. The van der Waals surface area contributed by atoms with Gasteiger partial charge in [0.15, 0.2) is 0 Å². The first-order chi connectivity index (χ1) is 11.5. The molecule has 0 saturated carbocycles. The quantitative estimate of drug-likeness (QED) is 0.494. The van der Waals surface area contributed by atoms with E-state index in [4.69, 9.17) is 5.26 Å². The van der Waals surface area contributed by atoms with Crippen LogP contribution in [-0.4, -0.2) is 21.4 Å². The smallest absolute Gasteiger partial charge is 0.248 e. The summed E-state index contributed by atoms with van der Waals surface area (Å²) in [6, 6.07) is 9.72. The second kappa shape index (κ2) is 8.37. The minimum absolute atomic E-state index is 0.189. The van der Waals surface area contributed by atoms with Crippen molar-refractivity contribution >= 4 is 29.4 Å². The number of para-hydroxylation sites is 1. The van der Waals surface area contributed by atoms with E-state index in [1.54, 1.807) is 22.5 Å². The Morgan fingerprint density at radius 1 is 1.42 bits per heavy atom. The molecule has 124 valence electrons. The average Bonchev–Trinajstić information content (AvgIpc) is 2.80. The number of benzene rings is 1. The number of nitrogens with one attached hydrogen (secondary N) is 1. The Morgan fingerprint density at radius 2 is 2.17 bits per heavy atom. The van der Waals surface area contributed by atoms with Crippen LogP contribution in [0.15, 0.2) is 35.2 Å². The molecule has 24 heavy (non-hydrogen) atoms. The number of thioether (sulfide) groups is 1. The first kappa shape index (κ1) is 17.8. The van der Waals surface area contributed by atoms with Crippen LogP contribution in [0, 0.1) is 25.2 Å². The van der Waals surface area contributed by atoms with Crippen LogP contribution in [0.1, 0.15) is 23.4 Å². The number of carbonyl (C=O) groups excluding carboxylic acids is 1. The fourth-order valence-corrected chi connectivity index (χ4v) is 3.13. The molecule has 1 N–H and O–H groups in total. The van der Waals surface area contributed by atoms with Crippen molar-refractivity contribution in [3.05, 3.63) is 47.3 Å². The first-order valence-electron chi connectivity index (χ1n) is 7.61. The number of anilines is 1. The van der Waals surface area contributed by atoms with Crippen molar-refractivity contribution in [2.75, 3.05) is 11.1 Å². The predicted molar refractivity (Wildman–Crippen MR) is 97.7 cm³/mol. The summed E-state index contributed by atoms with van der Waals surface area (Å²) in [5, 5.41) is 15.9. The van der Waals surface area contributed by atoms with Crippen molar-refractivity contribution < 1.29 is 4.79 Å². The number of amides is 1. The van der Waals surface area contributed by atoms with Gasteiger partial charge < -0.3 is 5.32 Å². The van der Waals surface area contributed by atoms with Crippen molar-refractivity contribution in [2.45, 2.75) is 25.2 Å². The Kier molecular flexibility index (Phi) is 6.21. The summed E-state index contributed by atoms with van der Waals surface area (Å²) in [4.78, 5) is 13.2. The highest BCUT2D eigenvalue weighted by Gasteiger charge is 2.08. The van der Waals surface area contributed by atoms with Gasteiger partial charge in [-0.25, -0.2) is 0 Å². The molecular formula is C18H20N4OS. The third-order valence-electron chi connectivity index (χ3n) is 3.58. The largest absolute Gasteiger partial charge is 0.321 e. The Morgan fingerprint density at radius 3 is 2.83 bits per heavy atom. The molecular weight excluding hydrogens is 320 g/mol. The number of hydrogen-bond donors (Lipinski definition) is 1. The SMILES string of the molecule is Cc1nn(C)c(C)c1/C=C/C(=O)Nc1ccccc1SCCC#N. The summed E-state index contributed by atoms with van der Waals surface area (Å²) in [6.45, 7) is 3.89. The molecule has 2 aromatic rings. The van der Waals surface area contributed by atoms with E-state index < -0.39 is 0 Å². The van der Waals surface area contributed by atoms with Gasteiger partial charge in [0.2, 0.25) is 5.91 Å². The van der Waals surface area contributed by atoms with Gasteiger partial charge in [-0.05, 0) is 32.1 Å². The predicted octanol–water partition coefficient (Wildman–Crippen LogP) is 3.69. The van der Waals surface area contributed by atoms with E-state index in [0.717, 1.165) is 27.5 Å². The molecule has 1 aromatic carbocycles. The highest BCUT2D eigenvalue weighted by atomic mass is 32.2. The van der Waals surface area contributed by atoms with Crippen LogP contribution in [0.3, 0.4) is 0 Å². The topological polar surface area (TPSA) is 70.7 Å². The molecule has 1 aromatic heterocycles. The fourth-order valence-electron chi connectivity index (χ4n) is 2.27. The van der Waals surface area contributed by atoms with Gasteiger partial charge in [-0.1, -0.05) is 12.1 Å². The molecule has 0 bridgehead atoms. The Bertz CT molecular complexity index is 802. The lowest BCUT2D eigenvalue weighted by Gasteiger charge is -2.08. The van der Waals surface area contributed by atoms with E-state index in [9.17, 15) is 4.79 Å².